The van der Waals surface area contributed by atoms with Crippen LogP contribution >= 0.6 is 0 Å². The summed E-state index contributed by atoms with van der Waals surface area (Å²) in [5.74, 6) is -5.50. The van der Waals surface area contributed by atoms with Crippen LogP contribution in [0.1, 0.15) is 59.3 Å². The van der Waals surface area contributed by atoms with E-state index in [1.54, 1.807) is 56.3 Å². The number of ether oxygens (including phenoxy) is 4. The summed E-state index contributed by atoms with van der Waals surface area (Å²) in [5, 5.41) is 27.1. The standard InChI is InChI=1S/C56H62FN9O16S/c1-3-56(76)41-25-45-52-39(31-66(45)54(74)40(41)32-82-55(56)75)38(37-23-33(2)42(57)26-43(37)64-52)27-61-83(77,78)36-11-9-35(10-12-36)62-48(69)30-60-53(73)44(24-34-7-5-4-6-8-34)63-49(70)29-59-47(68)28-58-46(67)15-17-79-19-21-81-22-20-80-18-16-65-50(71)13-14-51(65)72/h4-14,23,25-26,44,52,61,64,76H,3,15-22,24,27-32H2,1-2H3,(H,58,67)(H,59,68)(H,60,73)(H,62,69)(H,63,70)/t44-,52?,56-/m0/s1. The van der Waals surface area contributed by atoms with Gasteiger partial charge in [0.25, 0.3) is 17.4 Å². The summed E-state index contributed by atoms with van der Waals surface area (Å²) in [6.07, 6.45) is 2.28. The first-order chi connectivity index (χ1) is 39.8. The number of sulfonamides is 1. The Morgan fingerprint density at radius 2 is 1.47 bits per heavy atom. The van der Waals surface area contributed by atoms with Crippen molar-refractivity contribution in [2.24, 2.45) is 0 Å². The van der Waals surface area contributed by atoms with Gasteiger partial charge in [-0.2, -0.15) is 0 Å². The van der Waals surface area contributed by atoms with E-state index in [1.807, 2.05) is 0 Å². The van der Waals surface area contributed by atoms with Crippen LogP contribution in [0.15, 0.2) is 100 Å². The number of aryl methyl sites for hydroxylation is 1. The van der Waals surface area contributed by atoms with Crippen LogP contribution in [0.5, 0.6) is 0 Å². The van der Waals surface area contributed by atoms with E-state index in [-0.39, 0.29) is 119 Å². The van der Waals surface area contributed by atoms with Crippen molar-refractivity contribution >= 4 is 74.3 Å². The molecular formula is C56H62FN9O16S. The second kappa shape index (κ2) is 27.1. The van der Waals surface area contributed by atoms with Gasteiger partial charge < -0.3 is 60.5 Å². The van der Waals surface area contributed by atoms with E-state index in [4.69, 9.17) is 18.9 Å². The molecule has 8 N–H and O–H groups in total. The molecule has 440 valence electrons. The highest BCUT2D eigenvalue weighted by atomic mass is 32.2. The van der Waals surface area contributed by atoms with Crippen LogP contribution in [0.25, 0.3) is 5.57 Å². The molecule has 1 unspecified atom stereocenters. The number of rotatable bonds is 28. The number of cyclic esters (lactones) is 1. The molecule has 3 atom stereocenters. The maximum atomic E-state index is 15.1. The molecular weight excluding hydrogens is 1110 g/mol. The maximum Gasteiger partial charge on any atom is 0.343 e. The number of halogens is 1. The number of aliphatic hydroxyl groups is 1. The van der Waals surface area contributed by atoms with Gasteiger partial charge in [-0.3, -0.25) is 43.3 Å². The number of hydrogen-bond acceptors (Lipinski definition) is 17. The van der Waals surface area contributed by atoms with Crippen LogP contribution < -0.4 is 42.2 Å². The van der Waals surface area contributed by atoms with Crippen LogP contribution in [0, 0.1) is 12.7 Å². The Morgan fingerprint density at radius 3 is 2.17 bits per heavy atom. The minimum absolute atomic E-state index is 0.0152. The largest absolute Gasteiger partial charge is 0.458 e. The van der Waals surface area contributed by atoms with Gasteiger partial charge in [-0.15, -0.1) is 0 Å². The summed E-state index contributed by atoms with van der Waals surface area (Å²) in [5.41, 5.74) is 1.12. The molecule has 4 aromatic rings. The Balaban J connectivity index is 0.778. The summed E-state index contributed by atoms with van der Waals surface area (Å²) < 4.78 is 68.1. The molecule has 3 aromatic carbocycles. The van der Waals surface area contributed by atoms with Gasteiger partial charge in [-0.1, -0.05) is 37.3 Å². The molecule has 1 aromatic heterocycles. The maximum absolute atomic E-state index is 15.1. The van der Waals surface area contributed by atoms with Crippen molar-refractivity contribution < 1.29 is 75.2 Å². The number of nitrogens with zero attached hydrogens (tertiary/aromatic N) is 2. The summed E-state index contributed by atoms with van der Waals surface area (Å²) in [6, 6.07) is 16.4. The van der Waals surface area contributed by atoms with Crippen molar-refractivity contribution in [3.05, 3.63) is 140 Å². The van der Waals surface area contributed by atoms with Gasteiger partial charge in [0.05, 0.1) is 82.3 Å². The quantitative estimate of drug-likeness (QED) is 0.0215. The molecule has 0 saturated heterocycles. The van der Waals surface area contributed by atoms with Gasteiger partial charge in [-0.25, -0.2) is 22.3 Å². The fourth-order valence-corrected chi connectivity index (χ4v) is 10.6. The minimum Gasteiger partial charge on any atom is -0.458 e. The van der Waals surface area contributed by atoms with Crippen molar-refractivity contribution in [3.63, 3.8) is 0 Å². The van der Waals surface area contributed by atoms with E-state index in [1.165, 1.54) is 47.1 Å². The second-order valence-electron chi connectivity index (χ2n) is 19.6. The van der Waals surface area contributed by atoms with Crippen LogP contribution in [0.2, 0.25) is 0 Å². The Hall–Kier alpha value is -8.47. The predicted octanol–water partition coefficient (Wildman–Crippen LogP) is 0.242. The number of anilines is 2. The molecule has 0 saturated carbocycles. The average Bonchev–Trinajstić information content (AvgIpc) is 2.03. The van der Waals surface area contributed by atoms with Crippen molar-refractivity contribution in [3.8, 4) is 0 Å². The second-order valence-corrected chi connectivity index (χ2v) is 21.4. The predicted molar refractivity (Wildman–Crippen MR) is 293 cm³/mol. The summed E-state index contributed by atoms with van der Waals surface area (Å²) in [4.78, 5) is 115. The van der Waals surface area contributed by atoms with Crippen molar-refractivity contribution in [1.29, 1.82) is 0 Å². The molecule has 7 amide bonds. The lowest BCUT2D eigenvalue weighted by Gasteiger charge is -2.32. The lowest BCUT2D eigenvalue weighted by atomic mass is 9.85. The third-order valence-corrected chi connectivity index (χ3v) is 15.5. The van der Waals surface area contributed by atoms with Crippen molar-refractivity contribution in [2.45, 2.75) is 68.8 Å². The first kappa shape index (κ1) is 60.6. The van der Waals surface area contributed by atoms with Crippen LogP contribution in [0.4, 0.5) is 15.8 Å². The number of benzene rings is 3. The molecule has 8 rings (SSSR count). The number of nitrogens with one attached hydrogen (secondary N) is 7. The molecule has 5 heterocycles. The first-order valence-corrected chi connectivity index (χ1v) is 28.0. The lowest BCUT2D eigenvalue weighted by molar-refractivity contribution is -0.172. The lowest BCUT2D eigenvalue weighted by Crippen LogP contribution is -2.52. The summed E-state index contributed by atoms with van der Waals surface area (Å²) in [6.45, 7) is 2.23. The van der Waals surface area contributed by atoms with E-state index in [2.05, 4.69) is 36.6 Å². The molecule has 0 spiro atoms. The molecule has 83 heavy (non-hydrogen) atoms. The molecule has 0 aliphatic carbocycles. The highest BCUT2D eigenvalue weighted by molar-refractivity contribution is 7.89. The highest BCUT2D eigenvalue weighted by Gasteiger charge is 2.47. The topological polar surface area (TPSA) is 337 Å². The molecule has 4 aliphatic rings. The van der Waals surface area contributed by atoms with Gasteiger partial charge in [-0.05, 0) is 78.1 Å². The number of aromatic nitrogens is 1. The van der Waals surface area contributed by atoms with Gasteiger partial charge in [0.1, 0.15) is 18.5 Å². The zero-order valence-electron chi connectivity index (χ0n) is 45.3. The fraction of sp³-hybridized carbons (Fsp3) is 0.375. The minimum atomic E-state index is -4.26. The third-order valence-electron chi connectivity index (χ3n) is 14.1. The molecule has 25 nitrogen and oxygen atoms in total. The SMILES string of the molecule is CC[C@@]1(O)C(=O)OCc2c1cc1n(c2=O)CC2=C(CNS(=O)(=O)c3ccc(NC(=O)CNC(=O)[C@H](Cc4ccccc4)NC(=O)CNC(=O)CNC(=O)CCOCCOCCOCCN4C(=O)C=CC4=O)cc3)c3cc(C)c(F)cc3NC21. The van der Waals surface area contributed by atoms with E-state index in [0.29, 0.717) is 39.2 Å². The number of imide groups is 1. The van der Waals surface area contributed by atoms with Gasteiger partial charge in [0.2, 0.25) is 39.6 Å². The molecule has 0 radical (unpaired) electrons. The van der Waals surface area contributed by atoms with E-state index in [9.17, 15) is 56.7 Å². The Kier molecular flexibility index (Phi) is 19.8. The average molecular weight is 1170 g/mol. The number of amides is 7. The third kappa shape index (κ3) is 14.8. The van der Waals surface area contributed by atoms with E-state index >= 15 is 4.39 Å². The Morgan fingerprint density at radius 1 is 0.819 bits per heavy atom. The van der Waals surface area contributed by atoms with Gasteiger partial charge >= 0.3 is 5.97 Å². The number of esters is 1. The monoisotopic (exact) mass is 1170 g/mol. The number of hydrogen-bond donors (Lipinski definition) is 8. The van der Waals surface area contributed by atoms with E-state index in [0.717, 1.165) is 4.90 Å². The zero-order chi connectivity index (χ0) is 59.4. The smallest absolute Gasteiger partial charge is 0.343 e. The molecule has 0 fully saturated rings. The van der Waals surface area contributed by atoms with Crippen LogP contribution in [-0.2, 0) is 92.5 Å². The Labute approximate surface area is 475 Å². The van der Waals surface area contributed by atoms with Gasteiger partial charge in [0.15, 0.2) is 5.60 Å². The normalized spacial score (nSPS) is 17.1. The van der Waals surface area contributed by atoms with E-state index < -0.39 is 94.2 Å². The molecule has 0 bridgehead atoms. The summed E-state index contributed by atoms with van der Waals surface area (Å²) in [7, 11) is -4.26. The number of fused-ring (bicyclic) bond motifs is 5. The van der Waals surface area contributed by atoms with Crippen molar-refractivity contribution in [2.75, 3.05) is 83.0 Å². The number of carbonyl (C=O) groups is 8. The first-order valence-electron chi connectivity index (χ1n) is 26.5. The summed E-state index contributed by atoms with van der Waals surface area (Å²) >= 11 is 0. The fourth-order valence-electron chi connectivity index (χ4n) is 9.57. The number of pyridine rings is 1. The molecule has 4 aliphatic heterocycles. The number of carbonyl (C=O) groups excluding carboxylic acids is 8. The Bertz CT molecular complexity index is 3410. The van der Waals surface area contributed by atoms with Gasteiger partial charge in [0, 0.05) is 66.3 Å². The van der Waals surface area contributed by atoms with Crippen LogP contribution in [-0.4, -0.2) is 149 Å². The zero-order valence-corrected chi connectivity index (χ0v) is 46.1. The molecule has 27 heteroatoms. The van der Waals surface area contributed by atoms with Crippen molar-refractivity contribution in [1.82, 2.24) is 35.5 Å². The highest BCUT2D eigenvalue weighted by Crippen LogP contribution is 2.46. The van der Waals surface area contributed by atoms with Crippen LogP contribution in [0.3, 0.4) is 0 Å².